The molecule has 2 aromatic carbocycles. The summed E-state index contributed by atoms with van der Waals surface area (Å²) >= 11 is 0. The van der Waals surface area contributed by atoms with E-state index >= 15 is 0 Å². The highest BCUT2D eigenvalue weighted by Gasteiger charge is 2.35. The van der Waals surface area contributed by atoms with Crippen LogP contribution in [0.25, 0.3) is 17.4 Å². The van der Waals surface area contributed by atoms with E-state index in [1.54, 1.807) is 31.4 Å². The second-order valence-electron chi connectivity index (χ2n) is 9.22. The SMILES string of the molecule is COc1c2c(c(CC=C(C)C)c3c1C(O)=C(c1ccc(OC(C)=O)cc1)CO3)OC(C)(C)C=C2. The van der Waals surface area contributed by atoms with Gasteiger partial charge in [-0.15, -0.1) is 0 Å². The molecular formula is C28H30O6. The Bertz CT molecular complexity index is 1220. The van der Waals surface area contributed by atoms with Gasteiger partial charge in [-0.1, -0.05) is 23.8 Å². The van der Waals surface area contributed by atoms with Crippen molar-refractivity contribution < 1.29 is 28.8 Å². The zero-order valence-electron chi connectivity index (χ0n) is 20.4. The number of allylic oxidation sites excluding steroid dienone is 2. The van der Waals surface area contributed by atoms with Gasteiger partial charge in [0.05, 0.1) is 12.7 Å². The molecule has 2 heterocycles. The van der Waals surface area contributed by atoms with Crippen molar-refractivity contribution in [1.82, 2.24) is 0 Å². The zero-order valence-corrected chi connectivity index (χ0v) is 20.4. The monoisotopic (exact) mass is 462 g/mol. The zero-order chi connectivity index (χ0) is 24.6. The largest absolute Gasteiger partial charge is 0.507 e. The molecule has 0 unspecified atom stereocenters. The fourth-order valence-electron chi connectivity index (χ4n) is 4.16. The van der Waals surface area contributed by atoms with Gasteiger partial charge in [0, 0.05) is 18.1 Å². The molecule has 4 rings (SSSR count). The highest BCUT2D eigenvalue weighted by atomic mass is 16.5. The minimum Gasteiger partial charge on any atom is -0.507 e. The van der Waals surface area contributed by atoms with Gasteiger partial charge >= 0.3 is 5.97 Å². The topological polar surface area (TPSA) is 74.2 Å². The molecule has 34 heavy (non-hydrogen) atoms. The Balaban J connectivity index is 1.91. The van der Waals surface area contributed by atoms with Gasteiger partial charge < -0.3 is 24.1 Å². The van der Waals surface area contributed by atoms with Gasteiger partial charge in [0.25, 0.3) is 0 Å². The maximum absolute atomic E-state index is 11.5. The Labute approximate surface area is 200 Å². The first-order chi connectivity index (χ1) is 16.1. The predicted molar refractivity (Wildman–Crippen MR) is 133 cm³/mol. The normalized spacial score (nSPS) is 15.5. The summed E-state index contributed by atoms with van der Waals surface area (Å²) in [5.74, 6) is 1.93. The lowest BCUT2D eigenvalue weighted by Gasteiger charge is -2.34. The molecule has 0 bridgehead atoms. The summed E-state index contributed by atoms with van der Waals surface area (Å²) in [5, 5.41) is 11.5. The fraction of sp³-hybridized carbons (Fsp3) is 0.321. The van der Waals surface area contributed by atoms with Crippen LogP contribution in [0.4, 0.5) is 0 Å². The number of carbonyl (C=O) groups excluding carboxylic acids is 1. The van der Waals surface area contributed by atoms with Crippen LogP contribution < -0.4 is 18.9 Å². The molecule has 0 amide bonds. The Morgan fingerprint density at radius 1 is 1.15 bits per heavy atom. The fourth-order valence-corrected chi connectivity index (χ4v) is 4.16. The molecule has 1 N–H and O–H groups in total. The van der Waals surface area contributed by atoms with Crippen LogP contribution in [0.2, 0.25) is 0 Å². The van der Waals surface area contributed by atoms with Crippen molar-refractivity contribution in [2.24, 2.45) is 0 Å². The Hall–Kier alpha value is -3.67. The number of aliphatic hydroxyl groups excluding tert-OH is 1. The van der Waals surface area contributed by atoms with E-state index in [0.717, 1.165) is 16.7 Å². The molecule has 2 aromatic rings. The summed E-state index contributed by atoms with van der Waals surface area (Å²) < 4.78 is 23.6. The third-order valence-corrected chi connectivity index (χ3v) is 5.77. The van der Waals surface area contributed by atoms with Crippen LogP contribution in [-0.2, 0) is 11.2 Å². The van der Waals surface area contributed by atoms with Gasteiger partial charge in [0.2, 0.25) is 0 Å². The minimum absolute atomic E-state index is 0.0952. The van der Waals surface area contributed by atoms with Crippen molar-refractivity contribution in [2.75, 3.05) is 13.7 Å². The van der Waals surface area contributed by atoms with Gasteiger partial charge in [-0.25, -0.2) is 0 Å². The average molecular weight is 463 g/mol. The van der Waals surface area contributed by atoms with E-state index in [4.69, 9.17) is 18.9 Å². The highest BCUT2D eigenvalue weighted by Crippen LogP contribution is 2.52. The molecule has 0 saturated heterocycles. The van der Waals surface area contributed by atoms with Gasteiger partial charge in [-0.05, 0) is 64.0 Å². The second kappa shape index (κ2) is 8.93. The van der Waals surface area contributed by atoms with Crippen LogP contribution in [0.15, 0.2) is 42.0 Å². The number of carbonyl (C=O) groups is 1. The quantitative estimate of drug-likeness (QED) is 0.327. The molecule has 0 fully saturated rings. The van der Waals surface area contributed by atoms with E-state index in [0.29, 0.717) is 40.6 Å². The van der Waals surface area contributed by atoms with E-state index < -0.39 is 5.60 Å². The Morgan fingerprint density at radius 3 is 2.47 bits per heavy atom. The van der Waals surface area contributed by atoms with Gasteiger partial charge in [-0.3, -0.25) is 4.79 Å². The van der Waals surface area contributed by atoms with E-state index in [-0.39, 0.29) is 18.3 Å². The number of esters is 1. The highest BCUT2D eigenvalue weighted by molar-refractivity contribution is 5.95. The Morgan fingerprint density at radius 2 is 1.85 bits per heavy atom. The molecule has 0 atom stereocenters. The first-order valence-electron chi connectivity index (χ1n) is 11.2. The Kier molecular flexibility index (Phi) is 6.17. The van der Waals surface area contributed by atoms with E-state index in [9.17, 15) is 9.90 Å². The lowest BCUT2D eigenvalue weighted by molar-refractivity contribution is -0.131. The first-order valence-corrected chi connectivity index (χ1v) is 11.2. The van der Waals surface area contributed by atoms with E-state index in [1.807, 2.05) is 39.8 Å². The van der Waals surface area contributed by atoms with Crippen LogP contribution in [-0.4, -0.2) is 30.4 Å². The number of hydrogen-bond acceptors (Lipinski definition) is 6. The molecule has 0 aromatic heterocycles. The van der Waals surface area contributed by atoms with Crippen LogP contribution in [0.1, 0.15) is 56.9 Å². The van der Waals surface area contributed by atoms with Crippen molar-refractivity contribution in [1.29, 1.82) is 0 Å². The molecule has 0 aliphatic carbocycles. The predicted octanol–water partition coefficient (Wildman–Crippen LogP) is 6.13. The van der Waals surface area contributed by atoms with Crippen LogP contribution in [0.3, 0.4) is 0 Å². The molecule has 0 spiro atoms. The molecule has 6 heteroatoms. The van der Waals surface area contributed by atoms with Gasteiger partial charge in [-0.2, -0.15) is 0 Å². The van der Waals surface area contributed by atoms with Crippen molar-refractivity contribution in [3.63, 3.8) is 0 Å². The molecule has 178 valence electrons. The number of rotatable bonds is 5. The van der Waals surface area contributed by atoms with Gasteiger partial charge in [0.1, 0.15) is 46.5 Å². The summed E-state index contributed by atoms with van der Waals surface area (Å²) in [4.78, 5) is 11.2. The van der Waals surface area contributed by atoms with E-state index in [2.05, 4.69) is 6.08 Å². The summed E-state index contributed by atoms with van der Waals surface area (Å²) in [5.41, 5.74) is 4.24. The van der Waals surface area contributed by atoms with Crippen LogP contribution >= 0.6 is 0 Å². The number of fused-ring (bicyclic) bond motifs is 2. The first kappa shape index (κ1) is 23.5. The summed E-state index contributed by atoms with van der Waals surface area (Å²) in [7, 11) is 1.58. The van der Waals surface area contributed by atoms with Gasteiger partial charge in [0.15, 0.2) is 0 Å². The average Bonchev–Trinajstić information content (AvgIpc) is 2.77. The van der Waals surface area contributed by atoms with Crippen molar-refractivity contribution in [2.45, 2.75) is 46.6 Å². The standard InChI is InChI=1S/C28H30O6/c1-16(2)7-12-20-25-21(13-14-28(4,5)34-25)26(31-6)23-24(30)22(15-32-27(20)23)18-8-10-19(11-9-18)33-17(3)29/h7-11,13-14,30H,12,15H2,1-6H3. The smallest absolute Gasteiger partial charge is 0.308 e. The number of ether oxygens (including phenoxy) is 4. The lowest BCUT2D eigenvalue weighted by Crippen LogP contribution is -2.29. The van der Waals surface area contributed by atoms with Crippen molar-refractivity contribution in [3.8, 4) is 23.0 Å². The molecular weight excluding hydrogens is 432 g/mol. The molecule has 2 aliphatic heterocycles. The lowest BCUT2D eigenvalue weighted by atomic mass is 9.89. The molecule has 2 aliphatic rings. The van der Waals surface area contributed by atoms with E-state index in [1.165, 1.54) is 12.5 Å². The second-order valence-corrected chi connectivity index (χ2v) is 9.22. The molecule has 0 saturated carbocycles. The van der Waals surface area contributed by atoms with Crippen LogP contribution in [0.5, 0.6) is 23.0 Å². The third kappa shape index (κ3) is 4.40. The maximum atomic E-state index is 11.5. The number of benzene rings is 2. The summed E-state index contributed by atoms with van der Waals surface area (Å²) in [6.07, 6.45) is 6.68. The molecule has 0 radical (unpaired) electrons. The summed E-state index contributed by atoms with van der Waals surface area (Å²) in [6.45, 7) is 9.62. The van der Waals surface area contributed by atoms with Crippen molar-refractivity contribution >= 4 is 23.4 Å². The third-order valence-electron chi connectivity index (χ3n) is 5.77. The van der Waals surface area contributed by atoms with Crippen LogP contribution in [0, 0.1) is 0 Å². The summed E-state index contributed by atoms with van der Waals surface area (Å²) in [6, 6.07) is 6.96. The van der Waals surface area contributed by atoms with Crippen molar-refractivity contribution in [3.05, 3.63) is 64.2 Å². The minimum atomic E-state index is -0.479. The number of hydrogen-bond donors (Lipinski definition) is 1. The number of methoxy groups -OCH3 is 1. The number of aliphatic hydroxyl groups is 1. The maximum Gasteiger partial charge on any atom is 0.308 e. The molecule has 6 nitrogen and oxygen atoms in total.